The summed E-state index contributed by atoms with van der Waals surface area (Å²) in [5.74, 6) is 0. The van der Waals surface area contributed by atoms with Crippen molar-refractivity contribution in [1.29, 1.82) is 0 Å². The molecule has 0 saturated heterocycles. The fraction of sp³-hybridized carbons (Fsp3) is 0. The number of rotatable bonds is 6. The van der Waals surface area contributed by atoms with E-state index in [9.17, 15) is 0 Å². The SMILES string of the molecule is c1cncc(-c2cc(-c3cncc(-c4ccc(-c5cncc(-c6ccnc(-c7cccnc7)c6)n5)cc4)n3)ccn2)c1. The van der Waals surface area contributed by atoms with Gasteiger partial charge in [-0.05, 0) is 48.5 Å². The maximum atomic E-state index is 4.89. The average Bonchev–Trinajstić information content (AvgIpc) is 3.09. The summed E-state index contributed by atoms with van der Waals surface area (Å²) in [4.78, 5) is 36.1. The maximum absolute atomic E-state index is 4.89. The lowest BCUT2D eigenvalue weighted by Gasteiger charge is -2.08. The van der Waals surface area contributed by atoms with Crippen LogP contribution < -0.4 is 0 Å². The lowest BCUT2D eigenvalue weighted by Crippen LogP contribution is -1.93. The first-order valence-electron chi connectivity index (χ1n) is 13.3. The third kappa shape index (κ3) is 5.24. The van der Waals surface area contributed by atoms with Crippen molar-refractivity contribution in [2.45, 2.75) is 0 Å². The molecule has 8 heteroatoms. The quantitative estimate of drug-likeness (QED) is 0.225. The van der Waals surface area contributed by atoms with Crippen LogP contribution in [0, 0.1) is 0 Å². The first-order valence-corrected chi connectivity index (χ1v) is 13.3. The van der Waals surface area contributed by atoms with Crippen molar-refractivity contribution < 1.29 is 0 Å². The Morgan fingerprint density at radius 3 is 1.14 bits per heavy atom. The lowest BCUT2D eigenvalue weighted by molar-refractivity contribution is 1.20. The molecular weight excluding hydrogens is 520 g/mol. The number of hydrogen-bond acceptors (Lipinski definition) is 8. The standard InChI is InChI=1S/C34H22N8/c1-3-27(17-35-11-1)29-15-25(9-13-39-29)33-21-37-19-31(41-33)23-5-7-24(8-6-23)32-20-38-22-34(42-32)26-10-14-40-30(16-26)28-4-2-12-36-18-28/h1-22H. The van der Waals surface area contributed by atoms with Crippen LogP contribution in [-0.4, -0.2) is 39.9 Å². The van der Waals surface area contributed by atoms with Crippen LogP contribution in [0.25, 0.3) is 67.5 Å². The van der Waals surface area contributed by atoms with Crippen molar-refractivity contribution in [3.8, 4) is 67.5 Å². The van der Waals surface area contributed by atoms with E-state index in [0.29, 0.717) is 0 Å². The molecule has 0 aliphatic rings. The molecule has 1 aromatic carbocycles. The van der Waals surface area contributed by atoms with E-state index in [1.807, 2.05) is 72.8 Å². The van der Waals surface area contributed by atoms with Gasteiger partial charge in [-0.2, -0.15) is 0 Å². The molecule has 7 rings (SSSR count). The molecular formula is C34H22N8. The fourth-order valence-corrected chi connectivity index (χ4v) is 4.62. The zero-order valence-corrected chi connectivity index (χ0v) is 22.3. The summed E-state index contributed by atoms with van der Waals surface area (Å²) in [5.41, 5.74) is 10.4. The summed E-state index contributed by atoms with van der Waals surface area (Å²) >= 11 is 0. The van der Waals surface area contributed by atoms with Crippen LogP contribution >= 0.6 is 0 Å². The fourth-order valence-electron chi connectivity index (χ4n) is 4.62. The molecule has 0 saturated carbocycles. The molecule has 6 aromatic heterocycles. The van der Waals surface area contributed by atoms with Crippen LogP contribution in [0.15, 0.2) is 135 Å². The molecule has 0 aliphatic heterocycles. The van der Waals surface area contributed by atoms with Gasteiger partial charge >= 0.3 is 0 Å². The largest absolute Gasteiger partial charge is 0.264 e. The van der Waals surface area contributed by atoms with Gasteiger partial charge in [-0.1, -0.05) is 24.3 Å². The molecule has 7 aromatic rings. The Hall–Kier alpha value is -6.02. The van der Waals surface area contributed by atoms with Crippen LogP contribution in [-0.2, 0) is 0 Å². The predicted octanol–water partition coefficient (Wildman–Crippen LogP) is 6.85. The van der Waals surface area contributed by atoms with E-state index in [-0.39, 0.29) is 0 Å². The first kappa shape index (κ1) is 25.0. The summed E-state index contributed by atoms with van der Waals surface area (Å²) in [7, 11) is 0. The maximum Gasteiger partial charge on any atom is 0.0894 e. The molecule has 8 nitrogen and oxygen atoms in total. The minimum absolute atomic E-state index is 0.769. The summed E-state index contributed by atoms with van der Waals surface area (Å²) in [5, 5.41) is 0. The van der Waals surface area contributed by atoms with Gasteiger partial charge in [0, 0.05) is 70.6 Å². The molecule has 0 N–H and O–H groups in total. The first-order chi connectivity index (χ1) is 20.8. The van der Waals surface area contributed by atoms with Crippen molar-refractivity contribution in [1.82, 2.24) is 39.9 Å². The number of nitrogens with zero attached hydrogens (tertiary/aromatic N) is 8. The Balaban J connectivity index is 1.15. The van der Waals surface area contributed by atoms with Crippen LogP contribution in [0.1, 0.15) is 0 Å². The summed E-state index contributed by atoms with van der Waals surface area (Å²) in [6, 6.07) is 23.7. The van der Waals surface area contributed by atoms with Gasteiger partial charge in [0.25, 0.3) is 0 Å². The van der Waals surface area contributed by atoms with Crippen molar-refractivity contribution in [3.63, 3.8) is 0 Å². The van der Waals surface area contributed by atoms with Gasteiger partial charge in [-0.3, -0.25) is 29.9 Å². The van der Waals surface area contributed by atoms with Crippen molar-refractivity contribution in [2.24, 2.45) is 0 Å². The molecule has 0 spiro atoms. The van der Waals surface area contributed by atoms with Gasteiger partial charge in [-0.25, -0.2) is 9.97 Å². The van der Waals surface area contributed by atoms with Gasteiger partial charge in [0.1, 0.15) is 0 Å². The summed E-state index contributed by atoms with van der Waals surface area (Å²) < 4.78 is 0. The Morgan fingerprint density at radius 2 is 0.738 bits per heavy atom. The highest BCUT2D eigenvalue weighted by Gasteiger charge is 2.10. The zero-order valence-electron chi connectivity index (χ0n) is 22.3. The minimum atomic E-state index is 0.769. The van der Waals surface area contributed by atoms with Crippen LogP contribution in [0.3, 0.4) is 0 Å². The number of pyridine rings is 4. The molecule has 0 amide bonds. The smallest absolute Gasteiger partial charge is 0.0894 e. The molecule has 198 valence electrons. The average molecular weight is 543 g/mol. The third-order valence-electron chi connectivity index (χ3n) is 6.77. The number of benzene rings is 1. The topological polar surface area (TPSA) is 103 Å². The van der Waals surface area contributed by atoms with E-state index in [4.69, 9.17) is 9.97 Å². The molecule has 0 radical (unpaired) electrons. The van der Waals surface area contributed by atoms with Gasteiger partial charge in [0.15, 0.2) is 0 Å². The Labute approximate surface area is 242 Å². The molecule has 42 heavy (non-hydrogen) atoms. The summed E-state index contributed by atoms with van der Waals surface area (Å²) in [6.45, 7) is 0. The second-order valence-electron chi connectivity index (χ2n) is 9.50. The monoisotopic (exact) mass is 542 g/mol. The van der Waals surface area contributed by atoms with E-state index < -0.39 is 0 Å². The minimum Gasteiger partial charge on any atom is -0.264 e. The van der Waals surface area contributed by atoms with E-state index >= 15 is 0 Å². The molecule has 0 unspecified atom stereocenters. The van der Waals surface area contributed by atoms with E-state index in [0.717, 1.165) is 67.5 Å². The second-order valence-corrected chi connectivity index (χ2v) is 9.50. The molecule has 0 fully saturated rings. The van der Waals surface area contributed by atoms with Gasteiger partial charge in [0.05, 0.1) is 59.0 Å². The van der Waals surface area contributed by atoms with Crippen molar-refractivity contribution in [2.75, 3.05) is 0 Å². The number of hydrogen-bond donors (Lipinski definition) is 0. The normalized spacial score (nSPS) is 10.9. The van der Waals surface area contributed by atoms with Crippen molar-refractivity contribution in [3.05, 3.63) is 135 Å². The van der Waals surface area contributed by atoms with Gasteiger partial charge in [-0.15, -0.1) is 0 Å². The zero-order chi connectivity index (χ0) is 28.1. The van der Waals surface area contributed by atoms with E-state index in [1.54, 1.807) is 62.0 Å². The highest BCUT2D eigenvalue weighted by molar-refractivity contribution is 5.72. The predicted molar refractivity (Wildman–Crippen MR) is 161 cm³/mol. The second kappa shape index (κ2) is 11.2. The highest BCUT2D eigenvalue weighted by atomic mass is 14.8. The van der Waals surface area contributed by atoms with Gasteiger partial charge < -0.3 is 0 Å². The van der Waals surface area contributed by atoms with Crippen LogP contribution in [0.2, 0.25) is 0 Å². The number of aromatic nitrogens is 8. The molecule has 0 aliphatic carbocycles. The van der Waals surface area contributed by atoms with Crippen LogP contribution in [0.5, 0.6) is 0 Å². The van der Waals surface area contributed by atoms with Crippen molar-refractivity contribution >= 4 is 0 Å². The van der Waals surface area contributed by atoms with E-state index in [2.05, 4.69) is 29.9 Å². The summed E-state index contributed by atoms with van der Waals surface area (Å²) in [6.07, 6.45) is 17.7. The molecule has 0 atom stereocenters. The molecule has 6 heterocycles. The van der Waals surface area contributed by atoms with Gasteiger partial charge in [0.2, 0.25) is 0 Å². The molecule has 0 bridgehead atoms. The lowest BCUT2D eigenvalue weighted by atomic mass is 10.1. The Bertz CT molecular complexity index is 1830. The Kier molecular flexibility index (Phi) is 6.68. The highest BCUT2D eigenvalue weighted by Crippen LogP contribution is 2.28. The third-order valence-corrected chi connectivity index (χ3v) is 6.77. The Morgan fingerprint density at radius 1 is 0.310 bits per heavy atom. The van der Waals surface area contributed by atoms with E-state index in [1.165, 1.54) is 0 Å². The van der Waals surface area contributed by atoms with Crippen LogP contribution in [0.4, 0.5) is 0 Å².